The van der Waals surface area contributed by atoms with Gasteiger partial charge in [-0.3, -0.25) is 9.59 Å². The molecule has 3 aromatic carbocycles. The first-order valence-corrected chi connectivity index (χ1v) is 13.9. The van der Waals surface area contributed by atoms with Gasteiger partial charge in [-0.05, 0) is 79.9 Å². The zero-order valence-electron chi connectivity index (χ0n) is 21.6. The zero-order chi connectivity index (χ0) is 27.3. The van der Waals surface area contributed by atoms with E-state index in [4.69, 9.17) is 21.9 Å². The van der Waals surface area contributed by atoms with E-state index in [0.29, 0.717) is 44.1 Å². The molecule has 9 heteroatoms. The number of anilines is 1. The Kier molecular flexibility index (Phi) is 6.39. The lowest BCUT2D eigenvalue weighted by molar-refractivity contribution is -0.124. The maximum atomic E-state index is 14.1. The van der Waals surface area contributed by atoms with Gasteiger partial charge in [0.05, 0.1) is 15.6 Å². The summed E-state index contributed by atoms with van der Waals surface area (Å²) in [4.78, 5) is 28.0. The van der Waals surface area contributed by atoms with Gasteiger partial charge in [-0.25, -0.2) is 0 Å². The predicted molar refractivity (Wildman–Crippen MR) is 154 cm³/mol. The molecule has 8 N–H and O–H groups in total. The summed E-state index contributed by atoms with van der Waals surface area (Å²) in [7, 11) is 0. The van der Waals surface area contributed by atoms with Crippen molar-refractivity contribution in [2.45, 2.75) is 37.4 Å². The fraction of sp³-hybridized carbons (Fsp3) is 0.267. The van der Waals surface area contributed by atoms with Gasteiger partial charge in [-0.1, -0.05) is 30.3 Å². The predicted octanol–water partition coefficient (Wildman–Crippen LogP) is 3.85. The summed E-state index contributed by atoms with van der Waals surface area (Å²) in [5, 5.41) is 7.14. The SMILES string of the molecule is Cc1cc(Oc2ccccc2)ccc1C1(N)C(=O)C(N)c2c(C(=O)NC3CCNCC3)sc3c(N)ccc1c23. The quantitative estimate of drug-likeness (QED) is 0.241. The summed E-state index contributed by atoms with van der Waals surface area (Å²) in [6.07, 6.45) is 1.69. The molecule has 4 aromatic rings. The van der Waals surface area contributed by atoms with Crippen LogP contribution in [0.4, 0.5) is 5.69 Å². The van der Waals surface area contributed by atoms with Crippen molar-refractivity contribution >= 4 is 38.8 Å². The lowest BCUT2D eigenvalue weighted by atomic mass is 9.69. The van der Waals surface area contributed by atoms with Crippen molar-refractivity contribution in [1.82, 2.24) is 10.6 Å². The lowest BCUT2D eigenvalue weighted by Crippen LogP contribution is -2.53. The molecule has 1 saturated heterocycles. The van der Waals surface area contributed by atoms with Gasteiger partial charge < -0.3 is 32.6 Å². The van der Waals surface area contributed by atoms with Crippen LogP contribution in [0.25, 0.3) is 10.1 Å². The van der Waals surface area contributed by atoms with Gasteiger partial charge in [-0.2, -0.15) is 0 Å². The molecule has 1 aromatic heterocycles. The van der Waals surface area contributed by atoms with E-state index in [1.54, 1.807) is 18.2 Å². The Morgan fingerprint density at radius 2 is 1.77 bits per heavy atom. The Morgan fingerprint density at radius 3 is 2.49 bits per heavy atom. The molecule has 0 radical (unpaired) electrons. The van der Waals surface area contributed by atoms with Gasteiger partial charge in [0.15, 0.2) is 5.78 Å². The highest BCUT2D eigenvalue weighted by atomic mass is 32.1. The first-order chi connectivity index (χ1) is 18.8. The highest BCUT2D eigenvalue weighted by molar-refractivity contribution is 7.21. The minimum atomic E-state index is -1.52. The highest BCUT2D eigenvalue weighted by Gasteiger charge is 2.49. The number of Topliss-reactive ketones (excluding diaryl/α,β-unsaturated/α-hetero) is 1. The van der Waals surface area contributed by atoms with E-state index < -0.39 is 11.6 Å². The fourth-order valence-corrected chi connectivity index (χ4v) is 7.01. The van der Waals surface area contributed by atoms with Gasteiger partial charge >= 0.3 is 0 Å². The van der Waals surface area contributed by atoms with E-state index in [9.17, 15) is 9.59 Å². The number of aryl methyl sites for hydroxylation is 1. The fourth-order valence-electron chi connectivity index (χ4n) is 5.81. The number of piperidine rings is 1. The van der Waals surface area contributed by atoms with Crippen molar-refractivity contribution in [1.29, 1.82) is 0 Å². The number of ketones is 1. The van der Waals surface area contributed by atoms with E-state index in [0.717, 1.165) is 36.2 Å². The van der Waals surface area contributed by atoms with Crippen molar-refractivity contribution in [2.75, 3.05) is 18.8 Å². The van der Waals surface area contributed by atoms with Crippen LogP contribution in [0.1, 0.15) is 50.8 Å². The number of para-hydroxylation sites is 1. The summed E-state index contributed by atoms with van der Waals surface area (Å²) < 4.78 is 6.71. The Hall–Kier alpha value is -3.76. The summed E-state index contributed by atoms with van der Waals surface area (Å²) in [6.45, 7) is 3.60. The zero-order valence-corrected chi connectivity index (χ0v) is 22.4. The standard InChI is InChI=1S/C30H31N5O3S/c1-16-15-19(38-18-5-3-2-4-6-18)7-8-20(16)30(33)21-9-10-22(31)26-23(21)24(25(32)28(30)36)27(39-26)29(37)35-17-11-13-34-14-12-17/h2-10,15,17,25,34H,11-14,31-33H2,1H3,(H,35,37). The number of nitrogens with two attached hydrogens (primary N) is 3. The van der Waals surface area contributed by atoms with E-state index >= 15 is 0 Å². The van der Waals surface area contributed by atoms with Crippen LogP contribution < -0.4 is 32.6 Å². The molecular weight excluding hydrogens is 510 g/mol. The molecule has 6 rings (SSSR count). The molecule has 2 heterocycles. The van der Waals surface area contributed by atoms with Crippen LogP contribution >= 0.6 is 11.3 Å². The Bertz CT molecular complexity index is 1600. The normalized spacial score (nSPS) is 21.2. The van der Waals surface area contributed by atoms with Gasteiger partial charge in [0.25, 0.3) is 5.91 Å². The number of ether oxygens (including phenoxy) is 1. The molecule has 0 bridgehead atoms. The maximum absolute atomic E-state index is 14.1. The molecule has 39 heavy (non-hydrogen) atoms. The average molecular weight is 542 g/mol. The minimum Gasteiger partial charge on any atom is -0.457 e. The van der Waals surface area contributed by atoms with Gasteiger partial charge in [0.2, 0.25) is 0 Å². The van der Waals surface area contributed by atoms with Crippen LogP contribution in [0.2, 0.25) is 0 Å². The largest absolute Gasteiger partial charge is 0.457 e. The van der Waals surface area contributed by atoms with E-state index in [1.165, 1.54) is 11.3 Å². The average Bonchev–Trinajstić information content (AvgIpc) is 3.35. The van der Waals surface area contributed by atoms with E-state index in [1.807, 2.05) is 49.4 Å². The minimum absolute atomic E-state index is 0.0661. The first-order valence-electron chi connectivity index (χ1n) is 13.1. The van der Waals surface area contributed by atoms with Crippen LogP contribution in [-0.2, 0) is 10.3 Å². The summed E-state index contributed by atoms with van der Waals surface area (Å²) >= 11 is 1.28. The number of carbonyl (C=O) groups excluding carboxylic acids is 2. The molecule has 0 saturated carbocycles. The van der Waals surface area contributed by atoms with Crippen molar-refractivity contribution in [3.8, 4) is 11.5 Å². The third kappa shape index (κ3) is 4.18. The molecule has 8 nitrogen and oxygen atoms in total. The maximum Gasteiger partial charge on any atom is 0.261 e. The van der Waals surface area contributed by atoms with E-state index in [-0.39, 0.29) is 17.7 Å². The number of benzene rings is 3. The van der Waals surface area contributed by atoms with Crippen molar-refractivity contribution in [3.05, 3.63) is 87.8 Å². The number of nitrogen functional groups attached to an aromatic ring is 1. The second-order valence-electron chi connectivity index (χ2n) is 10.3. The molecule has 1 aliphatic carbocycles. The van der Waals surface area contributed by atoms with Crippen LogP contribution in [0.5, 0.6) is 11.5 Å². The molecule has 2 aliphatic rings. The number of amides is 1. The number of carbonyl (C=O) groups is 2. The van der Waals surface area contributed by atoms with Crippen molar-refractivity contribution in [3.63, 3.8) is 0 Å². The lowest BCUT2D eigenvalue weighted by Gasteiger charge is -2.37. The Morgan fingerprint density at radius 1 is 1.05 bits per heavy atom. The molecule has 1 amide bonds. The van der Waals surface area contributed by atoms with Gasteiger partial charge in [-0.15, -0.1) is 11.3 Å². The highest BCUT2D eigenvalue weighted by Crippen LogP contribution is 2.50. The second-order valence-corrected chi connectivity index (χ2v) is 11.3. The molecule has 1 fully saturated rings. The summed E-state index contributed by atoms with van der Waals surface area (Å²) in [6, 6.07) is 17.5. The Balaban J connectivity index is 1.44. The van der Waals surface area contributed by atoms with Gasteiger partial charge in [0.1, 0.15) is 17.0 Å². The third-order valence-electron chi connectivity index (χ3n) is 7.80. The smallest absolute Gasteiger partial charge is 0.261 e. The van der Waals surface area contributed by atoms with Crippen LogP contribution in [-0.4, -0.2) is 30.8 Å². The number of hydrogen-bond donors (Lipinski definition) is 5. The molecule has 1 aliphatic heterocycles. The molecule has 2 atom stereocenters. The summed E-state index contributed by atoms with van der Waals surface area (Å²) in [5.74, 6) is 0.750. The van der Waals surface area contributed by atoms with E-state index in [2.05, 4.69) is 10.6 Å². The number of rotatable bonds is 5. The van der Waals surface area contributed by atoms with Crippen molar-refractivity contribution in [2.24, 2.45) is 11.5 Å². The third-order valence-corrected chi connectivity index (χ3v) is 9.05. The second kappa shape index (κ2) is 9.77. The van der Waals surface area contributed by atoms with Crippen LogP contribution in [0.3, 0.4) is 0 Å². The molecule has 2 unspecified atom stereocenters. The molecule has 200 valence electrons. The first kappa shape index (κ1) is 25.5. The van der Waals surface area contributed by atoms with Crippen LogP contribution in [0, 0.1) is 6.92 Å². The molecular formula is C30H31N5O3S. The van der Waals surface area contributed by atoms with Gasteiger partial charge in [0, 0.05) is 22.7 Å². The van der Waals surface area contributed by atoms with Crippen molar-refractivity contribution < 1.29 is 14.3 Å². The number of hydrogen-bond acceptors (Lipinski definition) is 8. The number of nitrogens with one attached hydrogen (secondary N) is 2. The monoisotopic (exact) mass is 541 g/mol. The topological polar surface area (TPSA) is 145 Å². The number of thiophene rings is 1. The summed E-state index contributed by atoms with van der Waals surface area (Å²) in [5.41, 5.74) is 21.6. The molecule has 0 spiro atoms. The Labute approximate surface area is 230 Å². The van der Waals surface area contributed by atoms with Crippen LogP contribution in [0.15, 0.2) is 60.7 Å².